The molecule has 2 nitrogen and oxygen atoms in total. The van der Waals surface area contributed by atoms with E-state index in [1.165, 1.54) is 42.5 Å². The number of hydrogen-bond donors (Lipinski definition) is 1. The summed E-state index contributed by atoms with van der Waals surface area (Å²) >= 11 is 0. The maximum atomic E-state index is 3.48. The average molecular weight is 260 g/mol. The largest absolute Gasteiger partial charge is 0.371 e. The van der Waals surface area contributed by atoms with Gasteiger partial charge in [-0.3, -0.25) is 0 Å². The van der Waals surface area contributed by atoms with Gasteiger partial charge >= 0.3 is 0 Å². The summed E-state index contributed by atoms with van der Waals surface area (Å²) in [5, 5.41) is 3.48. The fraction of sp³-hybridized carbons (Fsp3) is 0.647. The number of benzene rings is 1. The Balaban J connectivity index is 2.05. The van der Waals surface area contributed by atoms with E-state index in [0.29, 0.717) is 6.04 Å². The van der Waals surface area contributed by atoms with E-state index in [2.05, 4.69) is 56.2 Å². The molecule has 1 aromatic carbocycles. The Labute approximate surface area is 118 Å². The van der Waals surface area contributed by atoms with Gasteiger partial charge in [0.15, 0.2) is 0 Å². The van der Waals surface area contributed by atoms with E-state index in [1.807, 2.05) is 0 Å². The van der Waals surface area contributed by atoms with Crippen LogP contribution in [0.5, 0.6) is 0 Å². The van der Waals surface area contributed by atoms with E-state index in [0.717, 1.165) is 12.6 Å². The average Bonchev–Trinajstić information content (AvgIpc) is 2.89. The minimum absolute atomic E-state index is 0.543. The van der Waals surface area contributed by atoms with Crippen LogP contribution in [0.3, 0.4) is 0 Å². The van der Waals surface area contributed by atoms with Crippen LogP contribution in [0.15, 0.2) is 18.2 Å². The van der Waals surface area contributed by atoms with Crippen molar-refractivity contribution in [2.24, 2.45) is 0 Å². The van der Waals surface area contributed by atoms with Gasteiger partial charge in [0.05, 0.1) is 0 Å². The van der Waals surface area contributed by atoms with Crippen LogP contribution < -0.4 is 10.2 Å². The highest BCUT2D eigenvalue weighted by atomic mass is 15.1. The highest BCUT2D eigenvalue weighted by Crippen LogP contribution is 2.29. The van der Waals surface area contributed by atoms with Gasteiger partial charge in [-0.2, -0.15) is 0 Å². The number of hydrogen-bond acceptors (Lipinski definition) is 2. The van der Waals surface area contributed by atoms with E-state index in [-0.39, 0.29) is 0 Å². The van der Waals surface area contributed by atoms with Gasteiger partial charge in [0.2, 0.25) is 0 Å². The summed E-state index contributed by atoms with van der Waals surface area (Å²) in [4.78, 5) is 2.49. The van der Waals surface area contributed by atoms with E-state index in [1.54, 1.807) is 0 Å². The van der Waals surface area contributed by atoms with Gasteiger partial charge in [0.25, 0.3) is 0 Å². The molecule has 1 saturated carbocycles. The predicted molar refractivity (Wildman–Crippen MR) is 83.8 cm³/mol. The van der Waals surface area contributed by atoms with Gasteiger partial charge in [0.1, 0.15) is 0 Å². The molecule has 106 valence electrons. The van der Waals surface area contributed by atoms with Crippen molar-refractivity contribution < 1.29 is 0 Å². The summed E-state index contributed by atoms with van der Waals surface area (Å²) in [6.45, 7) is 7.58. The van der Waals surface area contributed by atoms with Crippen molar-refractivity contribution >= 4 is 5.69 Å². The molecule has 0 spiro atoms. The van der Waals surface area contributed by atoms with E-state index in [4.69, 9.17) is 0 Å². The van der Waals surface area contributed by atoms with Crippen LogP contribution in [0, 0.1) is 6.92 Å². The molecule has 1 N–H and O–H groups in total. The standard InChI is InChI=1S/C17H28N2/c1-13(2)18-12-15-9-10-17(14(3)11-15)19(4)16-7-5-6-8-16/h9-11,13,16,18H,5-8,12H2,1-4H3. The fourth-order valence-electron chi connectivity index (χ4n) is 3.03. The summed E-state index contributed by atoms with van der Waals surface area (Å²) in [6, 6.07) is 8.18. The monoisotopic (exact) mass is 260 g/mol. The molecule has 0 radical (unpaired) electrons. The predicted octanol–water partition coefficient (Wildman–Crippen LogP) is 3.87. The molecular formula is C17H28N2. The van der Waals surface area contributed by atoms with Gasteiger partial charge in [-0.25, -0.2) is 0 Å². The van der Waals surface area contributed by atoms with Gasteiger partial charge in [-0.1, -0.05) is 38.8 Å². The molecule has 0 amide bonds. The van der Waals surface area contributed by atoms with E-state index >= 15 is 0 Å². The van der Waals surface area contributed by atoms with Gasteiger partial charge in [0, 0.05) is 31.4 Å². The lowest BCUT2D eigenvalue weighted by molar-refractivity contribution is 0.588. The van der Waals surface area contributed by atoms with Crippen molar-refractivity contribution in [2.75, 3.05) is 11.9 Å². The third kappa shape index (κ3) is 3.73. The first-order valence-corrected chi connectivity index (χ1v) is 7.63. The zero-order chi connectivity index (χ0) is 13.8. The van der Waals surface area contributed by atoms with Crippen LogP contribution >= 0.6 is 0 Å². The molecule has 0 atom stereocenters. The summed E-state index contributed by atoms with van der Waals surface area (Å²) in [7, 11) is 2.25. The molecule has 0 saturated heterocycles. The second-order valence-electron chi connectivity index (χ2n) is 6.21. The molecule has 1 aliphatic carbocycles. The number of rotatable bonds is 5. The number of anilines is 1. The van der Waals surface area contributed by atoms with Gasteiger partial charge in [-0.05, 0) is 37.0 Å². The molecule has 0 bridgehead atoms. The van der Waals surface area contributed by atoms with E-state index in [9.17, 15) is 0 Å². The van der Waals surface area contributed by atoms with E-state index < -0.39 is 0 Å². The normalized spacial score (nSPS) is 16.3. The molecule has 0 aliphatic heterocycles. The second-order valence-corrected chi connectivity index (χ2v) is 6.21. The molecule has 1 aliphatic rings. The highest BCUT2D eigenvalue weighted by Gasteiger charge is 2.20. The van der Waals surface area contributed by atoms with Crippen molar-refractivity contribution in [3.63, 3.8) is 0 Å². The van der Waals surface area contributed by atoms with Gasteiger partial charge < -0.3 is 10.2 Å². The van der Waals surface area contributed by atoms with Crippen LogP contribution in [0.2, 0.25) is 0 Å². The number of aryl methyl sites for hydroxylation is 1. The molecule has 1 fully saturated rings. The molecule has 2 heteroatoms. The summed E-state index contributed by atoms with van der Waals surface area (Å²) in [5.41, 5.74) is 4.19. The lowest BCUT2D eigenvalue weighted by Crippen LogP contribution is -2.29. The lowest BCUT2D eigenvalue weighted by Gasteiger charge is -2.28. The number of nitrogens with zero attached hydrogens (tertiary/aromatic N) is 1. The van der Waals surface area contributed by atoms with Crippen LogP contribution in [-0.2, 0) is 6.54 Å². The topological polar surface area (TPSA) is 15.3 Å². The Kier molecular flexibility index (Phi) is 4.87. The Hall–Kier alpha value is -1.02. The zero-order valence-electron chi connectivity index (χ0n) is 12.9. The Morgan fingerprint density at radius 3 is 2.53 bits per heavy atom. The maximum Gasteiger partial charge on any atom is 0.0396 e. The van der Waals surface area contributed by atoms with Crippen LogP contribution in [0.25, 0.3) is 0 Å². The Bertz CT molecular complexity index is 406. The van der Waals surface area contributed by atoms with Crippen molar-refractivity contribution in [3.05, 3.63) is 29.3 Å². The minimum Gasteiger partial charge on any atom is -0.371 e. The summed E-state index contributed by atoms with van der Waals surface area (Å²) in [5.74, 6) is 0. The summed E-state index contributed by atoms with van der Waals surface area (Å²) < 4.78 is 0. The molecule has 0 heterocycles. The fourth-order valence-corrected chi connectivity index (χ4v) is 3.03. The van der Waals surface area contributed by atoms with Gasteiger partial charge in [-0.15, -0.1) is 0 Å². The highest BCUT2D eigenvalue weighted by molar-refractivity contribution is 5.54. The molecule has 0 unspecified atom stereocenters. The minimum atomic E-state index is 0.543. The molecule has 19 heavy (non-hydrogen) atoms. The lowest BCUT2D eigenvalue weighted by atomic mass is 10.1. The first-order valence-electron chi connectivity index (χ1n) is 7.63. The Morgan fingerprint density at radius 1 is 1.26 bits per heavy atom. The third-order valence-electron chi connectivity index (χ3n) is 4.23. The Morgan fingerprint density at radius 2 is 1.95 bits per heavy atom. The van der Waals surface area contributed by atoms with Crippen LogP contribution in [0.4, 0.5) is 5.69 Å². The molecule has 1 aromatic rings. The first kappa shape index (κ1) is 14.4. The maximum absolute atomic E-state index is 3.48. The zero-order valence-corrected chi connectivity index (χ0v) is 12.9. The van der Waals surface area contributed by atoms with Crippen molar-refractivity contribution in [1.29, 1.82) is 0 Å². The molecular weight excluding hydrogens is 232 g/mol. The SMILES string of the molecule is Cc1cc(CNC(C)C)ccc1N(C)C1CCCC1. The smallest absolute Gasteiger partial charge is 0.0396 e. The second kappa shape index (κ2) is 6.42. The van der Waals surface area contributed by atoms with Crippen molar-refractivity contribution in [2.45, 2.75) is 65.1 Å². The molecule has 0 aromatic heterocycles. The van der Waals surface area contributed by atoms with Crippen molar-refractivity contribution in [1.82, 2.24) is 5.32 Å². The molecule has 2 rings (SSSR count). The third-order valence-corrected chi connectivity index (χ3v) is 4.23. The quantitative estimate of drug-likeness (QED) is 0.864. The van der Waals surface area contributed by atoms with Crippen molar-refractivity contribution in [3.8, 4) is 0 Å². The first-order chi connectivity index (χ1) is 9.08. The summed E-state index contributed by atoms with van der Waals surface area (Å²) in [6.07, 6.45) is 5.49. The van der Waals surface area contributed by atoms with Crippen LogP contribution in [0.1, 0.15) is 50.7 Å². The van der Waals surface area contributed by atoms with Crippen LogP contribution in [-0.4, -0.2) is 19.1 Å². The number of nitrogens with one attached hydrogen (secondary N) is 1.